The summed E-state index contributed by atoms with van der Waals surface area (Å²) in [4.78, 5) is 76.4. The van der Waals surface area contributed by atoms with E-state index in [4.69, 9.17) is 28.4 Å². The van der Waals surface area contributed by atoms with Gasteiger partial charge in [0.25, 0.3) is 0 Å². The van der Waals surface area contributed by atoms with E-state index in [2.05, 4.69) is 17.2 Å². The van der Waals surface area contributed by atoms with Gasteiger partial charge in [-0.2, -0.15) is 0 Å². The molecule has 6 atom stereocenters. The first-order valence-corrected chi connectivity index (χ1v) is 22.6. The van der Waals surface area contributed by atoms with Gasteiger partial charge in [-0.3, -0.25) is 28.9 Å². The number of nitrogens with zero attached hydrogens (tertiary/aromatic N) is 2. The Balaban J connectivity index is 1.30. The Labute approximate surface area is 399 Å². The van der Waals surface area contributed by atoms with Crippen molar-refractivity contribution in [3.05, 3.63) is 154 Å². The van der Waals surface area contributed by atoms with E-state index in [9.17, 15) is 14.7 Å². The first-order valence-electron chi connectivity index (χ1n) is 22.6. The zero-order valence-corrected chi connectivity index (χ0v) is 38.5. The number of anilines is 1. The van der Waals surface area contributed by atoms with Crippen LogP contribution < -0.4 is 19.5 Å². The molecule has 2 fully saturated rings. The number of benzene rings is 5. The molecule has 0 aromatic heterocycles. The number of rotatable bonds is 12. The maximum Gasteiger partial charge on any atom is 0.324 e. The van der Waals surface area contributed by atoms with Crippen LogP contribution in [0.25, 0.3) is 0 Å². The van der Waals surface area contributed by atoms with Crippen molar-refractivity contribution in [1.29, 1.82) is 0 Å². The number of hydrogen-bond donors (Lipinski definition) is 2. The second-order valence-electron chi connectivity index (χ2n) is 17.2. The van der Waals surface area contributed by atoms with Gasteiger partial charge in [-0.15, -0.1) is 0 Å². The topological polar surface area (TPSA) is 179 Å². The highest BCUT2D eigenvalue weighted by molar-refractivity contribution is 6.12. The lowest BCUT2D eigenvalue weighted by Gasteiger charge is -2.46. The summed E-state index contributed by atoms with van der Waals surface area (Å²) >= 11 is 0. The van der Waals surface area contributed by atoms with E-state index in [1.54, 1.807) is 49.5 Å². The largest absolute Gasteiger partial charge is 0.493 e. The van der Waals surface area contributed by atoms with Gasteiger partial charge >= 0.3 is 17.9 Å². The summed E-state index contributed by atoms with van der Waals surface area (Å²) in [6.45, 7) is 0.00613. The van der Waals surface area contributed by atoms with Crippen LogP contribution in [0.2, 0.25) is 0 Å². The van der Waals surface area contributed by atoms with Crippen molar-refractivity contribution < 1.29 is 57.5 Å². The predicted octanol–water partition coefficient (Wildman–Crippen LogP) is 5.63. The number of hydrogen-bond acceptors (Lipinski definition) is 13. The molecule has 69 heavy (non-hydrogen) atoms. The second-order valence-corrected chi connectivity index (χ2v) is 17.2. The normalized spacial score (nSPS) is 22.3. The van der Waals surface area contributed by atoms with Crippen LogP contribution in [0, 0.1) is 23.7 Å². The van der Waals surface area contributed by atoms with E-state index in [0.29, 0.717) is 51.6 Å². The number of methoxy groups -OCH3 is 4. The van der Waals surface area contributed by atoms with Crippen molar-refractivity contribution in [3.8, 4) is 29.1 Å². The first kappa shape index (κ1) is 46.4. The average Bonchev–Trinajstić information content (AvgIpc) is 3.86. The molecule has 0 unspecified atom stereocenters. The van der Waals surface area contributed by atoms with Crippen LogP contribution in [-0.2, 0) is 56.6 Å². The number of fused-ring (bicyclic) bond motifs is 4. The van der Waals surface area contributed by atoms with E-state index in [-0.39, 0.29) is 32.7 Å². The molecule has 4 aliphatic rings. The molecule has 1 spiro atoms. The third kappa shape index (κ3) is 8.09. The molecule has 9 rings (SSSR count). The van der Waals surface area contributed by atoms with Crippen LogP contribution in [0.3, 0.4) is 0 Å². The number of nitrogens with one attached hydrogen (secondary N) is 1. The zero-order valence-electron chi connectivity index (χ0n) is 38.5. The number of aliphatic hydroxyl groups excluding tert-OH is 1. The second kappa shape index (κ2) is 19.5. The van der Waals surface area contributed by atoms with Crippen molar-refractivity contribution in [2.75, 3.05) is 53.5 Å². The van der Waals surface area contributed by atoms with Crippen LogP contribution in [0.5, 0.6) is 17.2 Å². The van der Waals surface area contributed by atoms with Gasteiger partial charge in [-0.25, -0.2) is 0 Å². The highest BCUT2D eigenvalue weighted by Crippen LogP contribution is 2.66. The van der Waals surface area contributed by atoms with E-state index in [1.165, 1.54) is 14.2 Å². The molecule has 0 saturated carbocycles. The molecular weight excluding hydrogens is 883 g/mol. The molecule has 2 amide bonds. The number of ether oxygens (including phenoxy) is 6. The van der Waals surface area contributed by atoms with Crippen LogP contribution >= 0.6 is 0 Å². The minimum Gasteiger partial charge on any atom is -0.493 e. The molecular formula is C54H51N3O12. The number of aliphatic hydroxyl groups is 1. The third-order valence-electron chi connectivity index (χ3n) is 13.7. The Morgan fingerprint density at radius 3 is 2.12 bits per heavy atom. The van der Waals surface area contributed by atoms with Gasteiger partial charge in [-0.05, 0) is 70.6 Å². The summed E-state index contributed by atoms with van der Waals surface area (Å²) in [5, 5.41) is 13.2. The first-order chi connectivity index (χ1) is 33.6. The van der Waals surface area contributed by atoms with Crippen molar-refractivity contribution in [2.24, 2.45) is 11.8 Å². The monoisotopic (exact) mass is 933 g/mol. The lowest BCUT2D eigenvalue weighted by Crippen LogP contribution is -2.56. The number of amides is 2. The van der Waals surface area contributed by atoms with Crippen molar-refractivity contribution in [3.63, 3.8) is 0 Å². The summed E-state index contributed by atoms with van der Waals surface area (Å²) in [5.41, 5.74) is 3.05. The van der Waals surface area contributed by atoms with Gasteiger partial charge in [0.2, 0.25) is 11.8 Å². The van der Waals surface area contributed by atoms with Crippen LogP contribution in [0.4, 0.5) is 5.69 Å². The van der Waals surface area contributed by atoms with Crippen molar-refractivity contribution >= 4 is 35.4 Å². The summed E-state index contributed by atoms with van der Waals surface area (Å²) in [6.07, 6.45) is -0.684. The Morgan fingerprint density at radius 1 is 0.797 bits per heavy atom. The summed E-state index contributed by atoms with van der Waals surface area (Å²) in [5.74, 6) is 1.37. The molecule has 0 aliphatic carbocycles. The molecule has 5 aromatic carbocycles. The Hall–Kier alpha value is -7.67. The molecule has 4 aliphatic heterocycles. The van der Waals surface area contributed by atoms with Gasteiger partial charge in [0.05, 0.1) is 53.0 Å². The fraction of sp³-hybridized carbons (Fsp3) is 0.315. The lowest BCUT2D eigenvalue weighted by molar-refractivity contribution is -0.179. The fourth-order valence-corrected chi connectivity index (χ4v) is 10.7. The zero-order chi connectivity index (χ0) is 48.4. The molecule has 354 valence electrons. The van der Waals surface area contributed by atoms with E-state index < -0.39 is 71.2 Å². The molecule has 2 N–H and O–H groups in total. The van der Waals surface area contributed by atoms with Crippen LogP contribution in [0.1, 0.15) is 63.6 Å². The van der Waals surface area contributed by atoms with E-state index >= 15 is 14.4 Å². The maximum atomic E-state index is 16.2. The van der Waals surface area contributed by atoms with E-state index in [0.717, 1.165) is 16.7 Å². The van der Waals surface area contributed by atoms with Crippen LogP contribution in [-0.4, -0.2) is 98.9 Å². The third-order valence-corrected chi connectivity index (χ3v) is 13.7. The number of carbonyl (C=O) groups excluding carboxylic acids is 5. The summed E-state index contributed by atoms with van der Waals surface area (Å²) in [6, 6.07) is 31.8. The van der Waals surface area contributed by atoms with E-state index in [1.807, 2.05) is 89.8 Å². The molecule has 4 heterocycles. The summed E-state index contributed by atoms with van der Waals surface area (Å²) < 4.78 is 33.9. The highest BCUT2D eigenvalue weighted by atomic mass is 16.6. The lowest BCUT2D eigenvalue weighted by atomic mass is 9.64. The predicted molar refractivity (Wildman–Crippen MR) is 250 cm³/mol. The Morgan fingerprint density at radius 2 is 1.45 bits per heavy atom. The summed E-state index contributed by atoms with van der Waals surface area (Å²) in [7, 11) is 5.45. The standard InChI is InChI=1S/C54H51N3O12/c1-64-42-29-35-24-25-56(31-36(35)30-43(42)65-2)49(59)44-46-52(62)69-47(34-17-9-6-10-18-34)45(33-15-7-5-8-16-33)57(46)48(37-19-11-12-21-41(37)68-27-26-58)54(44)39-28-32(22-23-40(39)55-53(54)63)14-13-20-38(50(60)66-3)51(61)67-4/h5-12,15-19,21-23,28-30,38,44-48,58H,20,24-27,31H2,1-4H3,(H,55,63)/t44-,45-,46-,47+,48+,54-/m1/s1. The fourth-order valence-electron chi connectivity index (χ4n) is 10.7. The smallest absolute Gasteiger partial charge is 0.324 e. The van der Waals surface area contributed by atoms with Crippen LogP contribution in [0.15, 0.2) is 115 Å². The van der Waals surface area contributed by atoms with Gasteiger partial charge in [-0.1, -0.05) is 90.7 Å². The van der Waals surface area contributed by atoms with Crippen molar-refractivity contribution in [2.45, 2.75) is 49.0 Å². The minimum atomic E-state index is -1.89. The molecule has 0 bridgehead atoms. The van der Waals surface area contributed by atoms with Gasteiger partial charge in [0, 0.05) is 36.3 Å². The number of esters is 3. The average molecular weight is 934 g/mol. The number of para-hydroxylation sites is 1. The van der Waals surface area contributed by atoms with Gasteiger partial charge in [0.15, 0.2) is 17.4 Å². The maximum absolute atomic E-state index is 16.2. The number of morpholine rings is 1. The molecule has 2 saturated heterocycles. The molecule has 15 nitrogen and oxygen atoms in total. The number of carbonyl (C=O) groups is 5. The highest BCUT2D eigenvalue weighted by Gasteiger charge is 2.74. The quantitative estimate of drug-likeness (QED) is 0.0681. The minimum absolute atomic E-state index is 0.0819. The Kier molecular flexibility index (Phi) is 13.1. The SMILES string of the molecule is COC(=O)C(CC#Cc1ccc2c(c1)[C@]1(C(=O)N2)[C@H](c2ccccc2OCCO)N2[C@H](c3ccccc3)[C@H](c3ccccc3)OC(=O)[C@H]2[C@@H]1C(=O)N1CCc2cc(OC)c(OC)cc2C1)C(=O)OC. The number of cyclic esters (lactones) is 1. The van der Waals surface area contributed by atoms with Gasteiger partial charge in [0.1, 0.15) is 29.9 Å². The van der Waals surface area contributed by atoms with Crippen molar-refractivity contribution in [1.82, 2.24) is 9.80 Å². The van der Waals surface area contributed by atoms with Gasteiger partial charge < -0.3 is 43.7 Å². The molecule has 0 radical (unpaired) electrons. The Bertz CT molecular complexity index is 2850. The molecule has 5 aromatic rings. The molecule has 15 heteroatoms.